The minimum absolute atomic E-state index is 0.0732. The van der Waals surface area contributed by atoms with Crippen LogP contribution in [0.5, 0.6) is 5.75 Å². The van der Waals surface area contributed by atoms with Crippen molar-refractivity contribution >= 4 is 21.5 Å². The summed E-state index contributed by atoms with van der Waals surface area (Å²) in [5, 5.41) is 0. The van der Waals surface area contributed by atoms with Gasteiger partial charge in [0.15, 0.2) is 5.78 Å². The van der Waals surface area contributed by atoms with Gasteiger partial charge in [-0.1, -0.05) is 23.8 Å². The minimum atomic E-state index is -3.78. The third-order valence-corrected chi connectivity index (χ3v) is 6.17. The van der Waals surface area contributed by atoms with E-state index in [9.17, 15) is 13.2 Å². The Bertz CT molecular complexity index is 919. The van der Waals surface area contributed by atoms with Crippen molar-refractivity contribution in [1.29, 1.82) is 0 Å². The zero-order valence-electron chi connectivity index (χ0n) is 13.9. The van der Waals surface area contributed by atoms with Gasteiger partial charge in [-0.15, -0.1) is 0 Å². The average molecular weight is 345 g/mol. The highest BCUT2D eigenvalue weighted by atomic mass is 32.2. The monoisotopic (exact) mass is 345 g/mol. The SMILES string of the molecule is COc1cccc2c1N(S(=O)(=O)c1ccc(C)cc1C)CCC2=O. The molecule has 2 aromatic rings. The molecule has 0 N–H and O–H groups in total. The number of sulfonamides is 1. The van der Waals surface area contributed by atoms with Gasteiger partial charge in [0.05, 0.1) is 12.0 Å². The van der Waals surface area contributed by atoms with Crippen molar-refractivity contribution in [2.75, 3.05) is 18.0 Å². The lowest BCUT2D eigenvalue weighted by Crippen LogP contribution is -2.38. The minimum Gasteiger partial charge on any atom is -0.495 e. The molecule has 24 heavy (non-hydrogen) atoms. The summed E-state index contributed by atoms with van der Waals surface area (Å²) in [6.45, 7) is 3.81. The first-order valence-corrected chi connectivity index (χ1v) is 9.10. The van der Waals surface area contributed by atoms with Gasteiger partial charge in [0.1, 0.15) is 11.4 Å². The highest BCUT2D eigenvalue weighted by molar-refractivity contribution is 7.93. The zero-order valence-corrected chi connectivity index (χ0v) is 14.7. The number of nitrogens with zero attached hydrogens (tertiary/aromatic N) is 1. The number of ether oxygens (including phenoxy) is 1. The van der Waals surface area contributed by atoms with E-state index in [0.29, 0.717) is 22.6 Å². The molecule has 2 aromatic carbocycles. The van der Waals surface area contributed by atoms with Crippen LogP contribution in [-0.2, 0) is 10.0 Å². The molecule has 0 unspecified atom stereocenters. The Morgan fingerprint density at radius 2 is 1.88 bits per heavy atom. The fraction of sp³-hybridized carbons (Fsp3) is 0.278. The molecule has 1 heterocycles. The van der Waals surface area contributed by atoms with E-state index in [0.717, 1.165) is 5.56 Å². The third-order valence-electron chi connectivity index (χ3n) is 4.21. The molecule has 6 heteroatoms. The molecule has 5 nitrogen and oxygen atoms in total. The van der Waals surface area contributed by atoms with Crippen LogP contribution in [0.2, 0.25) is 0 Å². The number of hydrogen-bond acceptors (Lipinski definition) is 4. The summed E-state index contributed by atoms with van der Waals surface area (Å²) < 4.78 is 33.0. The number of rotatable bonds is 3. The number of carbonyl (C=O) groups is 1. The predicted molar refractivity (Wildman–Crippen MR) is 92.4 cm³/mol. The van der Waals surface area contributed by atoms with E-state index < -0.39 is 10.0 Å². The maximum Gasteiger partial charge on any atom is 0.264 e. The van der Waals surface area contributed by atoms with E-state index in [1.807, 2.05) is 13.0 Å². The maximum atomic E-state index is 13.2. The van der Waals surface area contributed by atoms with Crippen molar-refractivity contribution in [3.05, 3.63) is 53.1 Å². The number of benzene rings is 2. The van der Waals surface area contributed by atoms with Gasteiger partial charge in [0, 0.05) is 18.5 Å². The molecule has 3 rings (SSSR count). The van der Waals surface area contributed by atoms with E-state index in [-0.39, 0.29) is 23.6 Å². The molecule has 0 spiro atoms. The van der Waals surface area contributed by atoms with Crippen LogP contribution in [-0.4, -0.2) is 27.9 Å². The highest BCUT2D eigenvalue weighted by Gasteiger charge is 2.35. The van der Waals surface area contributed by atoms with Crippen LogP contribution in [0.1, 0.15) is 27.9 Å². The molecule has 0 saturated heterocycles. The summed E-state index contributed by atoms with van der Waals surface area (Å²) >= 11 is 0. The number of para-hydroxylation sites is 1. The van der Waals surface area contributed by atoms with Crippen molar-refractivity contribution in [2.45, 2.75) is 25.2 Å². The first-order valence-electron chi connectivity index (χ1n) is 7.66. The molecule has 0 amide bonds. The van der Waals surface area contributed by atoms with Crippen molar-refractivity contribution in [1.82, 2.24) is 0 Å². The predicted octanol–water partition coefficient (Wildman–Crippen LogP) is 3.09. The summed E-state index contributed by atoms with van der Waals surface area (Å²) in [7, 11) is -2.31. The molecular formula is C18H19NO4S. The summed E-state index contributed by atoms with van der Waals surface area (Å²) in [6, 6.07) is 10.2. The fourth-order valence-corrected chi connectivity index (χ4v) is 4.77. The summed E-state index contributed by atoms with van der Waals surface area (Å²) in [5.41, 5.74) is 2.40. The Morgan fingerprint density at radius 1 is 1.12 bits per heavy atom. The van der Waals surface area contributed by atoms with E-state index in [1.54, 1.807) is 37.3 Å². The largest absolute Gasteiger partial charge is 0.495 e. The molecule has 126 valence electrons. The van der Waals surface area contributed by atoms with Crippen molar-refractivity contribution < 1.29 is 17.9 Å². The second kappa shape index (κ2) is 5.94. The first-order chi connectivity index (χ1) is 11.4. The van der Waals surface area contributed by atoms with Gasteiger partial charge < -0.3 is 4.74 Å². The Balaban J connectivity index is 2.21. The lowest BCUT2D eigenvalue weighted by Gasteiger charge is -2.31. The Kier molecular flexibility index (Phi) is 4.09. The molecule has 0 fully saturated rings. The molecule has 1 aliphatic heterocycles. The average Bonchev–Trinajstić information content (AvgIpc) is 2.54. The zero-order chi connectivity index (χ0) is 17.5. The molecule has 0 radical (unpaired) electrons. The summed E-state index contributed by atoms with van der Waals surface area (Å²) in [5.74, 6) is 0.310. The second-order valence-corrected chi connectivity index (χ2v) is 7.71. The van der Waals surface area contributed by atoms with Gasteiger partial charge in [-0.2, -0.15) is 0 Å². The van der Waals surface area contributed by atoms with Gasteiger partial charge in [0.25, 0.3) is 10.0 Å². The van der Waals surface area contributed by atoms with Crippen LogP contribution in [0.15, 0.2) is 41.3 Å². The van der Waals surface area contributed by atoms with E-state index in [4.69, 9.17) is 4.74 Å². The Morgan fingerprint density at radius 3 is 2.54 bits per heavy atom. The number of carbonyl (C=O) groups excluding carboxylic acids is 1. The quantitative estimate of drug-likeness (QED) is 0.857. The van der Waals surface area contributed by atoms with Crippen LogP contribution >= 0.6 is 0 Å². The van der Waals surface area contributed by atoms with Crippen LogP contribution in [0.4, 0.5) is 5.69 Å². The molecule has 1 aliphatic rings. The number of Topliss-reactive ketones (excluding diaryl/α,β-unsaturated/α-hetero) is 1. The molecular weight excluding hydrogens is 326 g/mol. The number of fused-ring (bicyclic) bond motifs is 1. The topological polar surface area (TPSA) is 63.7 Å². The van der Waals surface area contributed by atoms with Crippen molar-refractivity contribution in [3.8, 4) is 5.75 Å². The van der Waals surface area contributed by atoms with Crippen LogP contribution < -0.4 is 9.04 Å². The van der Waals surface area contributed by atoms with Gasteiger partial charge in [-0.25, -0.2) is 8.42 Å². The number of hydrogen-bond donors (Lipinski definition) is 0. The summed E-state index contributed by atoms with van der Waals surface area (Å²) in [4.78, 5) is 12.4. The number of anilines is 1. The molecule has 0 atom stereocenters. The molecule has 0 aromatic heterocycles. The van der Waals surface area contributed by atoms with E-state index in [1.165, 1.54) is 11.4 Å². The standard InChI is InChI=1S/C18H19NO4S/c1-12-7-8-17(13(2)11-12)24(21,22)19-10-9-15(20)14-5-4-6-16(23-3)18(14)19/h4-8,11H,9-10H2,1-3H3. The highest BCUT2D eigenvalue weighted by Crippen LogP contribution is 2.39. The fourth-order valence-electron chi connectivity index (χ4n) is 3.07. The molecule has 0 aliphatic carbocycles. The molecule has 0 saturated carbocycles. The smallest absolute Gasteiger partial charge is 0.264 e. The van der Waals surface area contributed by atoms with Crippen LogP contribution in [0.3, 0.4) is 0 Å². The van der Waals surface area contributed by atoms with E-state index in [2.05, 4.69) is 0 Å². The maximum absolute atomic E-state index is 13.2. The molecule has 0 bridgehead atoms. The third kappa shape index (κ3) is 2.57. The Hall–Kier alpha value is -2.34. The van der Waals surface area contributed by atoms with Gasteiger partial charge in [-0.05, 0) is 37.6 Å². The van der Waals surface area contributed by atoms with Gasteiger partial charge in [-0.3, -0.25) is 9.10 Å². The number of aryl methyl sites for hydroxylation is 2. The van der Waals surface area contributed by atoms with Gasteiger partial charge in [0.2, 0.25) is 0 Å². The lowest BCUT2D eigenvalue weighted by molar-refractivity contribution is 0.0981. The van der Waals surface area contributed by atoms with Gasteiger partial charge >= 0.3 is 0 Å². The first kappa shape index (κ1) is 16.5. The normalized spacial score (nSPS) is 14.5. The Labute approximate surface area is 141 Å². The second-order valence-electron chi connectivity index (χ2n) is 5.88. The van der Waals surface area contributed by atoms with Crippen molar-refractivity contribution in [2.24, 2.45) is 0 Å². The number of ketones is 1. The lowest BCUT2D eigenvalue weighted by atomic mass is 10.0. The van der Waals surface area contributed by atoms with Crippen molar-refractivity contribution in [3.63, 3.8) is 0 Å². The van der Waals surface area contributed by atoms with E-state index >= 15 is 0 Å². The van der Waals surface area contributed by atoms with Crippen LogP contribution in [0.25, 0.3) is 0 Å². The van der Waals surface area contributed by atoms with Crippen LogP contribution in [0, 0.1) is 13.8 Å². The summed E-state index contributed by atoms with van der Waals surface area (Å²) in [6.07, 6.45) is 0.157. The number of methoxy groups -OCH3 is 1.